The number of amides is 1. The Morgan fingerprint density at radius 2 is 1.74 bits per heavy atom. The normalized spacial score (nSPS) is 11.9. The van der Waals surface area contributed by atoms with Gasteiger partial charge in [0.1, 0.15) is 5.69 Å². The number of nitrogens with two attached hydrogens (primary N) is 1. The molecule has 1 unspecified atom stereocenters. The van der Waals surface area contributed by atoms with Gasteiger partial charge in [-0.1, -0.05) is 23.5 Å². The smallest absolute Gasteiger partial charge is 0.230 e. The van der Waals surface area contributed by atoms with E-state index in [9.17, 15) is 30.3 Å². The Kier molecular flexibility index (Phi) is 8.22. The number of benzene rings is 2. The first-order valence-electron chi connectivity index (χ1n) is 10.6. The Hall–Kier alpha value is -3.74. The minimum absolute atomic E-state index is 0.0689. The molecular weight excluding hydrogens is 476 g/mol. The third-order valence-corrected chi connectivity index (χ3v) is 6.20. The summed E-state index contributed by atoms with van der Waals surface area (Å²) in [5.41, 5.74) is 7.76. The van der Waals surface area contributed by atoms with Gasteiger partial charge in [-0.15, -0.1) is 0 Å². The molecule has 0 saturated carbocycles. The predicted molar refractivity (Wildman–Crippen MR) is 131 cm³/mol. The summed E-state index contributed by atoms with van der Waals surface area (Å²) < 4.78 is 5.41. The minimum Gasteiger partial charge on any atom is -0.504 e. The van der Waals surface area contributed by atoms with Crippen molar-refractivity contribution in [2.75, 3.05) is 31.2 Å². The highest BCUT2D eigenvalue weighted by Gasteiger charge is 2.26. The Morgan fingerprint density at radius 1 is 1.09 bits per heavy atom. The number of carbonyl (C=O) groups excluding carboxylic acids is 1. The number of nitrogen functional groups attached to an aromatic ring is 1. The van der Waals surface area contributed by atoms with Crippen LogP contribution in [0.1, 0.15) is 28.5 Å². The fraction of sp³-hybridized carbons (Fsp3) is 0.304. The van der Waals surface area contributed by atoms with Crippen LogP contribution >= 0.6 is 11.3 Å². The number of ether oxygens (including phenoxy) is 1. The molecule has 2 aromatic carbocycles. The lowest BCUT2D eigenvalue weighted by Crippen LogP contribution is -2.25. The molecule has 3 aromatic rings. The number of thiazole rings is 1. The first-order chi connectivity index (χ1) is 16.6. The molecule has 0 spiro atoms. The van der Waals surface area contributed by atoms with E-state index in [0.29, 0.717) is 18.7 Å². The number of anilines is 2. The van der Waals surface area contributed by atoms with Crippen molar-refractivity contribution < 1.29 is 35.1 Å². The average molecular weight is 505 g/mol. The lowest BCUT2D eigenvalue weighted by molar-refractivity contribution is -0.115. The minimum atomic E-state index is -0.801. The summed E-state index contributed by atoms with van der Waals surface area (Å²) >= 11 is 0.917. The Balaban J connectivity index is 1.51. The molecule has 1 aromatic heterocycles. The summed E-state index contributed by atoms with van der Waals surface area (Å²) in [5.74, 6) is -2.97. The number of hydrogen-bond donors (Lipinski definition) is 8. The van der Waals surface area contributed by atoms with E-state index in [2.05, 4.69) is 15.6 Å². The number of phenols is 4. The topological polar surface area (TPSA) is 190 Å². The third-order valence-electron chi connectivity index (χ3n) is 5.47. The van der Waals surface area contributed by atoms with Gasteiger partial charge in [-0.25, -0.2) is 4.98 Å². The summed E-state index contributed by atoms with van der Waals surface area (Å²) in [6.07, 6.45) is -0.108. The van der Waals surface area contributed by atoms with E-state index < -0.39 is 29.1 Å². The monoisotopic (exact) mass is 504 g/mol. The number of aromatic hydroxyl groups is 5. The van der Waals surface area contributed by atoms with Gasteiger partial charge in [0.25, 0.3) is 0 Å². The lowest BCUT2D eigenvalue weighted by Gasteiger charge is -2.21. The van der Waals surface area contributed by atoms with E-state index in [1.54, 1.807) is 12.1 Å². The van der Waals surface area contributed by atoms with Crippen LogP contribution in [0, 0.1) is 6.92 Å². The third kappa shape index (κ3) is 6.04. The molecule has 188 valence electrons. The summed E-state index contributed by atoms with van der Waals surface area (Å²) in [6.45, 7) is 2.34. The molecule has 0 radical (unpaired) electrons. The summed E-state index contributed by atoms with van der Waals surface area (Å²) in [6, 6.07) is 7.28. The fourth-order valence-corrected chi connectivity index (χ4v) is 4.18. The van der Waals surface area contributed by atoms with Gasteiger partial charge in [-0.05, 0) is 37.6 Å². The van der Waals surface area contributed by atoms with Gasteiger partial charge in [0.05, 0.1) is 12.5 Å². The molecule has 0 bridgehead atoms. The number of rotatable bonds is 10. The second-order valence-electron chi connectivity index (χ2n) is 7.84. The first-order valence-corrected chi connectivity index (χ1v) is 11.5. The van der Waals surface area contributed by atoms with Crippen LogP contribution in [-0.4, -0.2) is 56.6 Å². The second kappa shape index (κ2) is 11.1. The molecule has 1 atom stereocenters. The van der Waals surface area contributed by atoms with Gasteiger partial charge in [0, 0.05) is 30.5 Å². The predicted octanol–water partition coefficient (Wildman–Crippen LogP) is 2.26. The van der Waals surface area contributed by atoms with E-state index in [1.165, 1.54) is 14.0 Å². The molecule has 35 heavy (non-hydrogen) atoms. The van der Waals surface area contributed by atoms with Crippen molar-refractivity contribution in [2.45, 2.75) is 25.9 Å². The molecule has 0 aliphatic rings. The van der Waals surface area contributed by atoms with Gasteiger partial charge in [-0.3, -0.25) is 4.79 Å². The quantitative estimate of drug-likeness (QED) is 0.115. The van der Waals surface area contributed by atoms with Gasteiger partial charge in [0.15, 0.2) is 21.7 Å². The van der Waals surface area contributed by atoms with Crippen LogP contribution in [0.25, 0.3) is 0 Å². The number of phenolic OH excluding ortho intramolecular Hbond substituents is 4. The van der Waals surface area contributed by atoms with Gasteiger partial charge in [-0.2, -0.15) is 0 Å². The maximum absolute atomic E-state index is 12.2. The summed E-state index contributed by atoms with van der Waals surface area (Å²) in [4.78, 5) is 16.1. The Labute approximate surface area is 205 Å². The highest BCUT2D eigenvalue weighted by atomic mass is 32.1. The van der Waals surface area contributed by atoms with Crippen molar-refractivity contribution in [1.82, 2.24) is 10.3 Å². The Morgan fingerprint density at radius 3 is 2.34 bits per heavy atom. The van der Waals surface area contributed by atoms with E-state index in [0.717, 1.165) is 16.9 Å². The van der Waals surface area contributed by atoms with E-state index in [4.69, 9.17) is 10.5 Å². The highest BCUT2D eigenvalue weighted by molar-refractivity contribution is 7.17. The summed E-state index contributed by atoms with van der Waals surface area (Å²) in [7, 11) is 1.43. The molecule has 9 N–H and O–H groups in total. The number of hydrogen-bond acceptors (Lipinski definition) is 11. The van der Waals surface area contributed by atoms with E-state index in [-0.39, 0.29) is 45.9 Å². The molecule has 0 saturated heterocycles. The lowest BCUT2D eigenvalue weighted by atomic mass is 9.99. The number of nitrogens with zero attached hydrogens (tertiary/aromatic N) is 1. The van der Waals surface area contributed by atoms with Crippen molar-refractivity contribution in [1.29, 1.82) is 0 Å². The summed E-state index contributed by atoms with van der Waals surface area (Å²) in [5, 5.41) is 55.5. The zero-order chi connectivity index (χ0) is 25.7. The van der Waals surface area contributed by atoms with Gasteiger partial charge < -0.3 is 46.6 Å². The Bertz CT molecular complexity index is 1170. The molecule has 0 fully saturated rings. The van der Waals surface area contributed by atoms with Crippen molar-refractivity contribution in [2.24, 2.45) is 0 Å². The first kappa shape index (κ1) is 25.9. The standard InChI is InChI=1S/C23H28N4O7S/c1-11-17(19(30)21(32)20(31)18(11)29)15(34-2)10-25-8-7-12-3-5-13(6-4-12)26-16(28)9-14-22(33)35-23(24)27-14/h3-6,15,25,29-33H,7-10H2,1-2H3,(H2,24,27)(H,26,28). The average Bonchev–Trinajstić information content (AvgIpc) is 3.14. The van der Waals surface area contributed by atoms with Gasteiger partial charge in [0.2, 0.25) is 17.4 Å². The zero-order valence-electron chi connectivity index (χ0n) is 19.2. The second-order valence-corrected chi connectivity index (χ2v) is 8.85. The largest absolute Gasteiger partial charge is 0.504 e. The van der Waals surface area contributed by atoms with Crippen LogP contribution in [0.5, 0.6) is 28.1 Å². The molecule has 11 nitrogen and oxygen atoms in total. The number of methoxy groups -OCH3 is 1. The van der Waals surface area contributed by atoms with Crippen molar-refractivity contribution >= 4 is 28.1 Å². The van der Waals surface area contributed by atoms with Crippen LogP contribution in [0.15, 0.2) is 24.3 Å². The highest BCUT2D eigenvalue weighted by Crippen LogP contribution is 2.49. The van der Waals surface area contributed by atoms with Crippen molar-refractivity contribution in [3.63, 3.8) is 0 Å². The molecular formula is C23H28N4O7S. The number of aromatic nitrogens is 1. The van der Waals surface area contributed by atoms with Crippen LogP contribution in [-0.2, 0) is 22.4 Å². The molecule has 1 amide bonds. The maximum atomic E-state index is 12.2. The molecule has 0 aliphatic carbocycles. The molecule has 12 heteroatoms. The molecule has 0 aliphatic heterocycles. The number of carbonyl (C=O) groups is 1. The van der Waals surface area contributed by atoms with E-state index >= 15 is 0 Å². The van der Waals surface area contributed by atoms with Crippen LogP contribution < -0.4 is 16.4 Å². The zero-order valence-corrected chi connectivity index (χ0v) is 20.0. The molecule has 3 rings (SSSR count). The fourth-order valence-electron chi connectivity index (χ4n) is 3.59. The molecule has 1 heterocycles. The van der Waals surface area contributed by atoms with Crippen LogP contribution in [0.4, 0.5) is 10.8 Å². The van der Waals surface area contributed by atoms with Gasteiger partial charge >= 0.3 is 0 Å². The van der Waals surface area contributed by atoms with Crippen molar-refractivity contribution in [3.8, 4) is 28.1 Å². The SMILES string of the molecule is COC(CNCCc1ccc(NC(=O)Cc2nc(N)sc2O)cc1)c1c(C)c(O)c(O)c(O)c1O. The van der Waals surface area contributed by atoms with E-state index in [1.807, 2.05) is 12.1 Å². The van der Waals surface area contributed by atoms with Crippen LogP contribution in [0.3, 0.4) is 0 Å². The number of nitrogens with one attached hydrogen (secondary N) is 2. The van der Waals surface area contributed by atoms with Crippen LogP contribution in [0.2, 0.25) is 0 Å². The maximum Gasteiger partial charge on any atom is 0.230 e. The van der Waals surface area contributed by atoms with Crippen molar-refractivity contribution in [3.05, 3.63) is 46.6 Å².